The summed E-state index contributed by atoms with van der Waals surface area (Å²) in [5, 5.41) is 12.8. The van der Waals surface area contributed by atoms with Gasteiger partial charge in [0.15, 0.2) is 11.5 Å². The van der Waals surface area contributed by atoms with Crippen LogP contribution in [0.5, 0.6) is 11.5 Å². The molecule has 0 aliphatic rings. The van der Waals surface area contributed by atoms with Gasteiger partial charge in [-0.15, -0.1) is 5.10 Å². The van der Waals surface area contributed by atoms with Crippen molar-refractivity contribution in [2.75, 3.05) is 46.0 Å². The van der Waals surface area contributed by atoms with Crippen LogP contribution in [-0.4, -0.2) is 65.6 Å². The molecule has 2 heterocycles. The zero-order valence-corrected chi connectivity index (χ0v) is 22.9. The number of fused-ring (bicyclic) bond motifs is 1. The predicted octanol–water partition coefficient (Wildman–Crippen LogP) is 5.06. The lowest BCUT2D eigenvalue weighted by molar-refractivity contribution is 0.132. The van der Waals surface area contributed by atoms with Crippen molar-refractivity contribution in [3.8, 4) is 22.8 Å². The van der Waals surface area contributed by atoms with E-state index in [9.17, 15) is 4.39 Å². The lowest BCUT2D eigenvalue weighted by atomic mass is 10.1. The predicted molar refractivity (Wildman–Crippen MR) is 153 cm³/mol. The maximum absolute atomic E-state index is 13.5. The highest BCUT2D eigenvalue weighted by molar-refractivity contribution is 5.93. The van der Waals surface area contributed by atoms with E-state index in [0.717, 1.165) is 27.9 Å². The molecule has 0 fully saturated rings. The molecule has 0 spiro atoms. The van der Waals surface area contributed by atoms with Gasteiger partial charge in [-0.25, -0.2) is 14.4 Å². The van der Waals surface area contributed by atoms with E-state index in [4.69, 9.17) is 18.9 Å². The maximum atomic E-state index is 13.5. The number of anilines is 2. The first-order chi connectivity index (χ1) is 20.1. The Hall–Kier alpha value is -4.61. The van der Waals surface area contributed by atoms with Crippen molar-refractivity contribution in [2.45, 2.75) is 13.0 Å². The number of rotatable bonds is 14. The van der Waals surface area contributed by atoms with Crippen LogP contribution >= 0.6 is 0 Å². The van der Waals surface area contributed by atoms with Crippen molar-refractivity contribution < 1.29 is 23.3 Å². The standard InChI is InChI=1S/C30H31FN6O4/c1-38-11-13-40-28-17-25-26(18-29(28)41-14-12-39-2)32-20-33-30(25)34-24-8-4-6-22(16-24)27-19-37(36-35-27)10-9-21-5-3-7-23(31)15-21/h3-8,15-20H,9-14H2,1-2H3,(H,32,33,34). The van der Waals surface area contributed by atoms with E-state index < -0.39 is 0 Å². The van der Waals surface area contributed by atoms with Crippen LogP contribution in [0.15, 0.2) is 73.2 Å². The van der Waals surface area contributed by atoms with Gasteiger partial charge in [0.2, 0.25) is 0 Å². The van der Waals surface area contributed by atoms with Crippen molar-refractivity contribution in [3.05, 3.63) is 84.6 Å². The number of ether oxygens (including phenoxy) is 4. The van der Waals surface area contributed by atoms with E-state index in [1.165, 1.54) is 18.5 Å². The average molecular weight is 559 g/mol. The summed E-state index contributed by atoms with van der Waals surface area (Å²) in [6, 6.07) is 18.1. The van der Waals surface area contributed by atoms with Crippen molar-refractivity contribution in [1.82, 2.24) is 25.0 Å². The molecule has 0 radical (unpaired) electrons. The second-order valence-corrected chi connectivity index (χ2v) is 9.17. The first kappa shape index (κ1) is 27.9. The van der Waals surface area contributed by atoms with Gasteiger partial charge < -0.3 is 24.3 Å². The highest BCUT2D eigenvalue weighted by Crippen LogP contribution is 2.35. The van der Waals surface area contributed by atoms with Crippen LogP contribution in [0.2, 0.25) is 0 Å². The van der Waals surface area contributed by atoms with Gasteiger partial charge >= 0.3 is 0 Å². The summed E-state index contributed by atoms with van der Waals surface area (Å²) in [5.41, 5.74) is 4.05. The molecule has 0 atom stereocenters. The molecule has 1 N–H and O–H groups in total. The number of aryl methyl sites for hydroxylation is 2. The van der Waals surface area contributed by atoms with Crippen LogP contribution in [0.1, 0.15) is 5.56 Å². The van der Waals surface area contributed by atoms with Gasteiger partial charge in [0.05, 0.1) is 24.9 Å². The lowest BCUT2D eigenvalue weighted by Gasteiger charge is -2.15. The number of nitrogens with one attached hydrogen (secondary N) is 1. The third-order valence-corrected chi connectivity index (χ3v) is 6.27. The number of nitrogens with zero attached hydrogens (tertiary/aromatic N) is 5. The van der Waals surface area contributed by atoms with Gasteiger partial charge in [-0.3, -0.25) is 4.68 Å². The van der Waals surface area contributed by atoms with Crippen LogP contribution in [-0.2, 0) is 22.4 Å². The first-order valence-electron chi connectivity index (χ1n) is 13.2. The Kier molecular flexibility index (Phi) is 9.30. The Bertz CT molecular complexity index is 1590. The molecule has 0 amide bonds. The molecule has 0 aliphatic carbocycles. The normalized spacial score (nSPS) is 11.1. The van der Waals surface area contributed by atoms with E-state index in [1.807, 2.05) is 48.7 Å². The third kappa shape index (κ3) is 7.33. The first-order valence-corrected chi connectivity index (χ1v) is 13.2. The number of aromatic nitrogens is 5. The Morgan fingerprint density at radius 2 is 1.63 bits per heavy atom. The lowest BCUT2D eigenvalue weighted by Crippen LogP contribution is -2.09. The number of benzene rings is 3. The quantitative estimate of drug-likeness (QED) is 0.187. The van der Waals surface area contributed by atoms with Crippen molar-refractivity contribution in [2.24, 2.45) is 0 Å². The van der Waals surface area contributed by atoms with Crippen LogP contribution in [0.25, 0.3) is 22.2 Å². The summed E-state index contributed by atoms with van der Waals surface area (Å²) in [4.78, 5) is 8.93. The SMILES string of the molecule is COCCOc1cc2ncnc(Nc3cccc(-c4cn(CCc5cccc(F)c5)nn4)c3)c2cc1OCCOC. The Morgan fingerprint density at radius 1 is 0.854 bits per heavy atom. The van der Waals surface area contributed by atoms with E-state index in [0.29, 0.717) is 62.2 Å². The molecule has 41 heavy (non-hydrogen) atoms. The summed E-state index contributed by atoms with van der Waals surface area (Å²) < 4.78 is 37.3. The van der Waals surface area contributed by atoms with Crippen LogP contribution in [0, 0.1) is 5.82 Å². The summed E-state index contributed by atoms with van der Waals surface area (Å²) in [6.45, 7) is 2.22. The molecule has 0 saturated heterocycles. The second kappa shape index (κ2) is 13.6. The van der Waals surface area contributed by atoms with Crippen LogP contribution in [0.4, 0.5) is 15.9 Å². The monoisotopic (exact) mass is 558 g/mol. The smallest absolute Gasteiger partial charge is 0.163 e. The molecule has 10 nitrogen and oxygen atoms in total. The van der Waals surface area contributed by atoms with Crippen molar-refractivity contribution >= 4 is 22.4 Å². The van der Waals surface area contributed by atoms with Crippen LogP contribution < -0.4 is 14.8 Å². The topological polar surface area (TPSA) is 105 Å². The van der Waals surface area contributed by atoms with Crippen molar-refractivity contribution in [3.63, 3.8) is 0 Å². The Morgan fingerprint density at radius 3 is 2.41 bits per heavy atom. The van der Waals surface area contributed by atoms with Crippen LogP contribution in [0.3, 0.4) is 0 Å². The largest absolute Gasteiger partial charge is 0.487 e. The molecule has 5 aromatic rings. The molecule has 3 aromatic carbocycles. The molecular formula is C30H31FN6O4. The molecule has 11 heteroatoms. The number of hydrogen-bond donors (Lipinski definition) is 1. The highest BCUT2D eigenvalue weighted by atomic mass is 19.1. The zero-order valence-electron chi connectivity index (χ0n) is 22.9. The van der Waals surface area contributed by atoms with Gasteiger partial charge in [-0.1, -0.05) is 29.5 Å². The molecule has 0 saturated carbocycles. The summed E-state index contributed by atoms with van der Waals surface area (Å²) in [6.07, 6.45) is 4.04. The molecule has 0 unspecified atom stereocenters. The minimum atomic E-state index is -0.242. The Labute approximate surface area is 237 Å². The molecule has 0 aliphatic heterocycles. The van der Waals surface area contributed by atoms with Gasteiger partial charge in [0.1, 0.15) is 36.9 Å². The maximum Gasteiger partial charge on any atom is 0.163 e. The highest BCUT2D eigenvalue weighted by Gasteiger charge is 2.14. The van der Waals surface area contributed by atoms with Gasteiger partial charge in [-0.2, -0.15) is 0 Å². The minimum Gasteiger partial charge on any atom is -0.487 e. The molecule has 0 bridgehead atoms. The van der Waals surface area contributed by atoms with E-state index in [1.54, 1.807) is 25.0 Å². The average Bonchev–Trinajstić information content (AvgIpc) is 3.46. The van der Waals surface area contributed by atoms with E-state index in [-0.39, 0.29) is 5.82 Å². The van der Waals surface area contributed by atoms with Gasteiger partial charge in [-0.05, 0) is 42.3 Å². The summed E-state index contributed by atoms with van der Waals surface area (Å²) in [5.74, 6) is 1.50. The molecular weight excluding hydrogens is 527 g/mol. The number of methoxy groups -OCH3 is 2. The van der Waals surface area contributed by atoms with E-state index in [2.05, 4.69) is 25.6 Å². The minimum absolute atomic E-state index is 0.242. The fourth-order valence-electron chi connectivity index (χ4n) is 4.23. The summed E-state index contributed by atoms with van der Waals surface area (Å²) >= 11 is 0. The summed E-state index contributed by atoms with van der Waals surface area (Å²) in [7, 11) is 3.24. The molecule has 212 valence electrons. The molecule has 2 aromatic heterocycles. The Balaban J connectivity index is 1.34. The molecule has 5 rings (SSSR count). The van der Waals surface area contributed by atoms with Gasteiger partial charge in [0, 0.05) is 43.5 Å². The number of hydrogen-bond acceptors (Lipinski definition) is 9. The van der Waals surface area contributed by atoms with Crippen molar-refractivity contribution in [1.29, 1.82) is 0 Å². The fraction of sp³-hybridized carbons (Fsp3) is 0.267. The fourth-order valence-corrected chi connectivity index (χ4v) is 4.23. The van der Waals surface area contributed by atoms with Gasteiger partial charge in [0.25, 0.3) is 0 Å². The van der Waals surface area contributed by atoms with E-state index >= 15 is 0 Å². The third-order valence-electron chi connectivity index (χ3n) is 6.27. The number of halogens is 1. The second-order valence-electron chi connectivity index (χ2n) is 9.17. The zero-order chi connectivity index (χ0) is 28.4.